The molecule has 0 aliphatic heterocycles. The van der Waals surface area contributed by atoms with Gasteiger partial charge in [-0.15, -0.1) is 0 Å². The molecular weight excluding hydrogens is 337 g/mol. The standard InChI is InChI=1S/C18H16FN5O2/c1-11-13(19)5-2-6-14(11)22-16-8-15(12-4-3-7-20-9-12)23-18(24-16)21-10-17(25)26/h2-9H,10H2,1H3,(H,25,26)(H2,21,22,23,24). The Morgan fingerprint density at radius 1 is 1.23 bits per heavy atom. The Labute approximate surface area is 149 Å². The van der Waals surface area contributed by atoms with Crippen molar-refractivity contribution in [2.75, 3.05) is 17.2 Å². The Hall–Kier alpha value is -3.55. The number of carboxylic acid groups (broad SMARTS) is 1. The Bertz CT molecular complexity index is 934. The van der Waals surface area contributed by atoms with Crippen molar-refractivity contribution in [3.63, 3.8) is 0 Å². The molecule has 2 heterocycles. The summed E-state index contributed by atoms with van der Waals surface area (Å²) in [6.07, 6.45) is 3.28. The molecule has 3 rings (SSSR count). The van der Waals surface area contributed by atoms with Gasteiger partial charge >= 0.3 is 5.97 Å². The molecule has 3 aromatic rings. The zero-order valence-electron chi connectivity index (χ0n) is 13.9. The minimum absolute atomic E-state index is 0.144. The van der Waals surface area contributed by atoms with E-state index in [2.05, 4.69) is 25.6 Å². The second kappa shape index (κ2) is 7.56. The highest BCUT2D eigenvalue weighted by Gasteiger charge is 2.10. The molecule has 0 spiro atoms. The second-order valence-electron chi connectivity index (χ2n) is 5.49. The lowest BCUT2D eigenvalue weighted by molar-refractivity contribution is -0.134. The van der Waals surface area contributed by atoms with Crippen LogP contribution in [0.25, 0.3) is 11.3 Å². The lowest BCUT2D eigenvalue weighted by Crippen LogP contribution is -2.15. The molecule has 0 saturated carbocycles. The number of nitrogens with one attached hydrogen (secondary N) is 2. The van der Waals surface area contributed by atoms with E-state index in [0.29, 0.717) is 22.8 Å². The summed E-state index contributed by atoms with van der Waals surface area (Å²) in [7, 11) is 0. The van der Waals surface area contributed by atoms with E-state index in [9.17, 15) is 9.18 Å². The molecule has 0 saturated heterocycles. The van der Waals surface area contributed by atoms with Crippen LogP contribution in [0, 0.1) is 12.7 Å². The fourth-order valence-electron chi connectivity index (χ4n) is 2.29. The molecule has 132 valence electrons. The quantitative estimate of drug-likeness (QED) is 0.625. The highest BCUT2D eigenvalue weighted by molar-refractivity contribution is 5.73. The molecule has 0 atom stereocenters. The van der Waals surface area contributed by atoms with Gasteiger partial charge in [-0.1, -0.05) is 6.07 Å². The number of benzene rings is 1. The maximum absolute atomic E-state index is 13.8. The topological polar surface area (TPSA) is 100 Å². The summed E-state index contributed by atoms with van der Waals surface area (Å²) < 4.78 is 13.8. The van der Waals surface area contributed by atoms with Crippen LogP contribution in [-0.4, -0.2) is 32.6 Å². The van der Waals surface area contributed by atoms with Crippen molar-refractivity contribution in [3.05, 3.63) is 60.2 Å². The van der Waals surface area contributed by atoms with Gasteiger partial charge in [0.1, 0.15) is 18.2 Å². The first-order chi connectivity index (χ1) is 12.5. The van der Waals surface area contributed by atoms with Crippen LogP contribution in [-0.2, 0) is 4.79 Å². The van der Waals surface area contributed by atoms with Crippen LogP contribution in [0.1, 0.15) is 5.56 Å². The van der Waals surface area contributed by atoms with Crippen LogP contribution in [0.2, 0.25) is 0 Å². The molecule has 0 aliphatic carbocycles. The molecular formula is C18H16FN5O2. The number of halogens is 1. The average molecular weight is 353 g/mol. The van der Waals surface area contributed by atoms with Crippen molar-refractivity contribution in [2.24, 2.45) is 0 Å². The Kier molecular flexibility index (Phi) is 5.02. The number of hydrogen-bond donors (Lipinski definition) is 3. The smallest absolute Gasteiger partial charge is 0.322 e. The molecule has 3 N–H and O–H groups in total. The number of rotatable bonds is 6. The van der Waals surface area contributed by atoms with Crippen molar-refractivity contribution in [1.29, 1.82) is 0 Å². The zero-order valence-corrected chi connectivity index (χ0v) is 13.9. The normalized spacial score (nSPS) is 10.4. The van der Waals surface area contributed by atoms with Gasteiger partial charge in [-0.3, -0.25) is 9.78 Å². The zero-order chi connectivity index (χ0) is 18.5. The van der Waals surface area contributed by atoms with Crippen LogP contribution in [0.5, 0.6) is 0 Å². The predicted molar refractivity (Wildman–Crippen MR) is 95.8 cm³/mol. The minimum atomic E-state index is -1.03. The molecule has 0 fully saturated rings. The van der Waals surface area contributed by atoms with Crippen LogP contribution in [0.15, 0.2) is 48.8 Å². The summed E-state index contributed by atoms with van der Waals surface area (Å²) in [5.74, 6) is -0.817. The molecule has 0 aliphatic rings. The molecule has 0 unspecified atom stereocenters. The monoisotopic (exact) mass is 353 g/mol. The van der Waals surface area contributed by atoms with Crippen LogP contribution < -0.4 is 10.6 Å². The summed E-state index contributed by atoms with van der Waals surface area (Å²) in [5, 5.41) is 14.5. The van der Waals surface area contributed by atoms with Gasteiger partial charge in [-0.2, -0.15) is 4.98 Å². The van der Waals surface area contributed by atoms with Gasteiger partial charge in [0, 0.05) is 35.3 Å². The maximum Gasteiger partial charge on any atom is 0.322 e. The van der Waals surface area contributed by atoms with Crippen molar-refractivity contribution in [2.45, 2.75) is 6.92 Å². The predicted octanol–water partition coefficient (Wildman–Crippen LogP) is 3.23. The SMILES string of the molecule is Cc1c(F)cccc1Nc1cc(-c2cccnc2)nc(NCC(=O)O)n1. The number of carbonyl (C=O) groups is 1. The molecule has 0 amide bonds. The number of aromatic nitrogens is 3. The Morgan fingerprint density at radius 3 is 2.81 bits per heavy atom. The first-order valence-electron chi connectivity index (χ1n) is 7.80. The largest absolute Gasteiger partial charge is 0.480 e. The third-order valence-corrected chi connectivity index (χ3v) is 3.61. The molecule has 26 heavy (non-hydrogen) atoms. The van der Waals surface area contributed by atoms with E-state index >= 15 is 0 Å². The fraction of sp³-hybridized carbons (Fsp3) is 0.111. The van der Waals surface area contributed by atoms with E-state index in [4.69, 9.17) is 5.11 Å². The van der Waals surface area contributed by atoms with E-state index in [1.54, 1.807) is 43.6 Å². The summed E-state index contributed by atoms with van der Waals surface area (Å²) in [6.45, 7) is 1.33. The molecule has 8 heteroatoms. The highest BCUT2D eigenvalue weighted by atomic mass is 19.1. The van der Waals surface area contributed by atoms with Gasteiger partial charge < -0.3 is 15.7 Å². The molecule has 2 aromatic heterocycles. The van der Waals surface area contributed by atoms with E-state index in [0.717, 1.165) is 5.56 Å². The summed E-state index contributed by atoms with van der Waals surface area (Å²) in [5.41, 5.74) is 2.31. The molecule has 0 bridgehead atoms. The minimum Gasteiger partial charge on any atom is -0.480 e. The van der Waals surface area contributed by atoms with E-state index in [-0.39, 0.29) is 18.3 Å². The maximum atomic E-state index is 13.8. The van der Waals surface area contributed by atoms with Gasteiger partial charge in [0.05, 0.1) is 5.69 Å². The van der Waals surface area contributed by atoms with Crippen molar-refractivity contribution < 1.29 is 14.3 Å². The number of aliphatic carboxylic acids is 1. The first kappa shape index (κ1) is 17.3. The van der Waals surface area contributed by atoms with Crippen molar-refractivity contribution in [1.82, 2.24) is 15.0 Å². The number of hydrogen-bond acceptors (Lipinski definition) is 6. The summed E-state index contributed by atoms with van der Waals surface area (Å²) in [4.78, 5) is 23.4. The number of pyridine rings is 1. The number of nitrogens with zero attached hydrogens (tertiary/aromatic N) is 3. The van der Waals surface area contributed by atoms with Gasteiger partial charge in [-0.05, 0) is 31.2 Å². The first-order valence-corrected chi connectivity index (χ1v) is 7.80. The van der Waals surface area contributed by atoms with Crippen LogP contribution >= 0.6 is 0 Å². The second-order valence-corrected chi connectivity index (χ2v) is 5.49. The number of anilines is 3. The lowest BCUT2D eigenvalue weighted by atomic mass is 10.2. The Morgan fingerprint density at radius 2 is 2.08 bits per heavy atom. The van der Waals surface area contributed by atoms with Gasteiger partial charge in [0.25, 0.3) is 0 Å². The van der Waals surface area contributed by atoms with E-state index in [1.807, 2.05) is 6.07 Å². The summed E-state index contributed by atoms with van der Waals surface area (Å²) in [6, 6.07) is 9.99. The highest BCUT2D eigenvalue weighted by Crippen LogP contribution is 2.25. The average Bonchev–Trinajstić information content (AvgIpc) is 2.64. The Balaban J connectivity index is 1.99. The molecule has 7 nitrogen and oxygen atoms in total. The van der Waals surface area contributed by atoms with Gasteiger partial charge in [0.2, 0.25) is 5.95 Å². The van der Waals surface area contributed by atoms with Crippen molar-refractivity contribution >= 4 is 23.4 Å². The van der Waals surface area contributed by atoms with E-state index in [1.165, 1.54) is 6.07 Å². The van der Waals surface area contributed by atoms with E-state index < -0.39 is 5.97 Å². The third-order valence-electron chi connectivity index (χ3n) is 3.61. The lowest BCUT2D eigenvalue weighted by Gasteiger charge is -2.12. The number of carboxylic acids is 1. The van der Waals surface area contributed by atoms with Gasteiger partial charge in [-0.25, -0.2) is 9.37 Å². The van der Waals surface area contributed by atoms with Gasteiger partial charge in [0.15, 0.2) is 0 Å². The van der Waals surface area contributed by atoms with Crippen LogP contribution in [0.4, 0.5) is 21.8 Å². The molecule has 0 radical (unpaired) electrons. The third kappa shape index (κ3) is 4.10. The fourth-order valence-corrected chi connectivity index (χ4v) is 2.29. The van der Waals surface area contributed by atoms with Crippen LogP contribution in [0.3, 0.4) is 0 Å². The summed E-state index contributed by atoms with van der Waals surface area (Å²) >= 11 is 0. The van der Waals surface area contributed by atoms with Crippen molar-refractivity contribution in [3.8, 4) is 11.3 Å². The molecule has 1 aromatic carbocycles.